The summed E-state index contributed by atoms with van der Waals surface area (Å²) in [7, 11) is 0. The highest BCUT2D eigenvalue weighted by Crippen LogP contribution is 2.40. The minimum Gasteiger partial charge on any atom is -0.450 e. The number of hydrogen-bond donors (Lipinski definition) is 1. The standard InChI is InChI=1S/C20H27NO3/c1-21(2)15-9-10-16-24-19(22)20(23,17-11-5-3-6-12-17)18-13-7-4-8-14-18/h3,5-6,11-12,18,23H,4,7-8,13-16H2,1-2H3/i1D3,2D3. The molecule has 1 aromatic rings. The third-order valence-electron chi connectivity index (χ3n) is 4.36. The fourth-order valence-corrected chi connectivity index (χ4v) is 3.13. The summed E-state index contributed by atoms with van der Waals surface area (Å²) in [6.45, 7) is -6.57. The van der Waals surface area contributed by atoms with Gasteiger partial charge in [0, 0.05) is 14.1 Å². The maximum atomic E-state index is 12.8. The summed E-state index contributed by atoms with van der Waals surface area (Å²) in [5.74, 6) is 3.82. The van der Waals surface area contributed by atoms with Crippen molar-refractivity contribution < 1.29 is 22.9 Å². The summed E-state index contributed by atoms with van der Waals surface area (Å²) in [5.41, 5.74) is -1.32. The Bertz CT molecular complexity index is 749. The van der Waals surface area contributed by atoms with Crippen molar-refractivity contribution in [1.29, 1.82) is 0 Å². The van der Waals surface area contributed by atoms with Gasteiger partial charge in [-0.25, -0.2) is 4.79 Å². The predicted octanol–water partition coefficient (Wildman–Crippen LogP) is 2.56. The van der Waals surface area contributed by atoms with Gasteiger partial charge in [-0.3, -0.25) is 4.90 Å². The van der Waals surface area contributed by atoms with E-state index in [1.807, 2.05) is 0 Å². The van der Waals surface area contributed by atoms with Crippen LogP contribution in [-0.2, 0) is 15.1 Å². The molecule has 4 nitrogen and oxygen atoms in total. The van der Waals surface area contributed by atoms with Crippen LogP contribution in [0.5, 0.6) is 0 Å². The van der Waals surface area contributed by atoms with Crippen molar-refractivity contribution in [1.82, 2.24) is 4.90 Å². The third-order valence-corrected chi connectivity index (χ3v) is 4.36. The van der Waals surface area contributed by atoms with Crippen LogP contribution in [0.25, 0.3) is 0 Å². The van der Waals surface area contributed by atoms with Crippen molar-refractivity contribution >= 4 is 5.97 Å². The van der Waals surface area contributed by atoms with Crippen molar-refractivity contribution in [3.05, 3.63) is 35.9 Å². The van der Waals surface area contributed by atoms with E-state index in [2.05, 4.69) is 11.8 Å². The molecule has 1 aliphatic rings. The lowest BCUT2D eigenvalue weighted by Gasteiger charge is -2.36. The smallest absolute Gasteiger partial charge is 0.344 e. The Morgan fingerprint density at radius 2 is 2.00 bits per heavy atom. The van der Waals surface area contributed by atoms with E-state index in [1.54, 1.807) is 30.3 Å². The van der Waals surface area contributed by atoms with Gasteiger partial charge in [0.15, 0.2) is 12.2 Å². The van der Waals surface area contributed by atoms with Crippen molar-refractivity contribution in [2.75, 3.05) is 27.1 Å². The molecule has 0 heterocycles. The molecule has 0 bridgehead atoms. The van der Waals surface area contributed by atoms with Crippen LogP contribution >= 0.6 is 0 Å². The lowest BCUT2D eigenvalue weighted by Crippen LogP contribution is -2.45. The van der Waals surface area contributed by atoms with E-state index in [-0.39, 0.29) is 12.5 Å². The van der Waals surface area contributed by atoms with Gasteiger partial charge in [0.05, 0.1) is 6.54 Å². The van der Waals surface area contributed by atoms with Crippen LogP contribution in [0.15, 0.2) is 30.3 Å². The zero-order chi connectivity index (χ0) is 22.4. The van der Waals surface area contributed by atoms with Crippen LogP contribution in [-0.4, -0.2) is 43.1 Å². The van der Waals surface area contributed by atoms with Gasteiger partial charge in [-0.15, -0.1) is 0 Å². The van der Waals surface area contributed by atoms with Crippen molar-refractivity contribution in [2.24, 2.45) is 5.92 Å². The van der Waals surface area contributed by atoms with Gasteiger partial charge in [0.25, 0.3) is 0 Å². The van der Waals surface area contributed by atoms with E-state index in [1.165, 1.54) is 0 Å². The fourth-order valence-electron chi connectivity index (χ4n) is 3.13. The van der Waals surface area contributed by atoms with Gasteiger partial charge in [0.2, 0.25) is 0 Å². The first-order valence-electron chi connectivity index (χ1n) is 11.2. The molecule has 1 aromatic carbocycles. The Morgan fingerprint density at radius 3 is 2.67 bits per heavy atom. The van der Waals surface area contributed by atoms with Crippen LogP contribution in [0.2, 0.25) is 0 Å². The third kappa shape index (κ3) is 4.59. The van der Waals surface area contributed by atoms with Gasteiger partial charge < -0.3 is 9.84 Å². The molecular weight excluding hydrogens is 302 g/mol. The van der Waals surface area contributed by atoms with Crippen molar-refractivity contribution in [3.8, 4) is 11.8 Å². The van der Waals surface area contributed by atoms with Crippen LogP contribution in [0.4, 0.5) is 0 Å². The Labute approximate surface area is 153 Å². The topological polar surface area (TPSA) is 49.8 Å². The minimum atomic E-state index is -2.83. The van der Waals surface area contributed by atoms with Gasteiger partial charge in [-0.2, -0.15) is 0 Å². The Morgan fingerprint density at radius 1 is 1.29 bits per heavy atom. The number of nitrogens with zero attached hydrogens (tertiary/aromatic N) is 1. The highest BCUT2D eigenvalue weighted by molar-refractivity contribution is 5.81. The first kappa shape index (κ1) is 11.7. The van der Waals surface area contributed by atoms with Crippen molar-refractivity contribution in [3.63, 3.8) is 0 Å². The maximum Gasteiger partial charge on any atom is 0.344 e. The monoisotopic (exact) mass is 335 g/mol. The molecular formula is C20H27NO3. The molecule has 1 aliphatic carbocycles. The molecule has 130 valence electrons. The molecule has 0 radical (unpaired) electrons. The van der Waals surface area contributed by atoms with Gasteiger partial charge in [0.1, 0.15) is 0 Å². The average Bonchev–Trinajstić information content (AvgIpc) is 2.69. The summed E-state index contributed by atoms with van der Waals surface area (Å²) < 4.78 is 49.0. The Balaban J connectivity index is 2.08. The molecule has 0 amide bonds. The molecule has 4 heteroatoms. The molecule has 0 aliphatic heterocycles. The lowest BCUT2D eigenvalue weighted by molar-refractivity contribution is -0.174. The van der Waals surface area contributed by atoms with E-state index in [4.69, 9.17) is 13.0 Å². The molecule has 2 rings (SSSR count). The number of esters is 1. The van der Waals surface area contributed by atoms with Gasteiger partial charge >= 0.3 is 5.97 Å². The second kappa shape index (κ2) is 8.86. The van der Waals surface area contributed by atoms with E-state index >= 15 is 0 Å². The molecule has 0 aromatic heterocycles. The van der Waals surface area contributed by atoms with Crippen LogP contribution in [0, 0.1) is 17.8 Å². The van der Waals surface area contributed by atoms with E-state index in [0.29, 0.717) is 23.3 Å². The summed E-state index contributed by atoms with van der Waals surface area (Å²) in [4.78, 5) is 13.2. The predicted molar refractivity (Wildman–Crippen MR) is 94.2 cm³/mol. The van der Waals surface area contributed by atoms with E-state index in [9.17, 15) is 9.90 Å². The van der Waals surface area contributed by atoms with Gasteiger partial charge in [-0.05, 0) is 32.4 Å². The maximum absolute atomic E-state index is 12.8. The quantitative estimate of drug-likeness (QED) is 0.664. The zero-order valence-corrected chi connectivity index (χ0v) is 13.6. The molecule has 0 saturated heterocycles. The average molecular weight is 335 g/mol. The molecule has 1 unspecified atom stereocenters. The van der Waals surface area contributed by atoms with Gasteiger partial charge in [-0.1, -0.05) is 61.4 Å². The summed E-state index contributed by atoms with van der Waals surface area (Å²) in [6.07, 6.45) is 4.32. The molecule has 1 atom stereocenters. The largest absolute Gasteiger partial charge is 0.450 e. The number of carbonyl (C=O) groups excluding carboxylic acids is 1. The molecule has 1 N–H and O–H groups in total. The second-order valence-corrected chi connectivity index (χ2v) is 5.98. The van der Waals surface area contributed by atoms with Crippen molar-refractivity contribution in [2.45, 2.75) is 37.7 Å². The highest BCUT2D eigenvalue weighted by atomic mass is 16.5. The summed E-state index contributed by atoms with van der Waals surface area (Å²) in [6, 6.07) is 8.66. The Hall–Kier alpha value is -1.83. The summed E-state index contributed by atoms with van der Waals surface area (Å²) >= 11 is 0. The summed E-state index contributed by atoms with van der Waals surface area (Å²) in [5, 5.41) is 11.4. The van der Waals surface area contributed by atoms with Crippen LogP contribution in [0.3, 0.4) is 0 Å². The number of hydrogen-bond acceptors (Lipinski definition) is 4. The fraction of sp³-hybridized carbons (Fsp3) is 0.550. The first-order valence-corrected chi connectivity index (χ1v) is 8.16. The number of rotatable bonds is 5. The molecule has 0 spiro atoms. The minimum absolute atomic E-state index is 0.268. The number of carbonyl (C=O) groups is 1. The number of benzene rings is 1. The number of ether oxygens (including phenoxy) is 1. The van der Waals surface area contributed by atoms with Crippen LogP contribution < -0.4 is 0 Å². The molecule has 1 saturated carbocycles. The lowest BCUT2D eigenvalue weighted by atomic mass is 9.73. The first-order chi connectivity index (χ1) is 14.0. The van der Waals surface area contributed by atoms with E-state index in [0.717, 1.165) is 19.3 Å². The highest BCUT2D eigenvalue weighted by Gasteiger charge is 2.46. The molecule has 1 fully saturated rings. The zero-order valence-electron chi connectivity index (χ0n) is 19.6. The Kier molecular flexibility index (Phi) is 4.31. The molecule has 24 heavy (non-hydrogen) atoms. The SMILES string of the molecule is [2H]C([2H])([2H])N(CC#CCOC(=O)C(O)(c1ccccc1)C1CCCCC1)C([2H])([2H])[2H]. The normalized spacial score (nSPS) is 22.4. The van der Waals surface area contributed by atoms with E-state index < -0.39 is 32.1 Å². The number of aliphatic hydroxyl groups is 1. The second-order valence-electron chi connectivity index (χ2n) is 5.98. The van der Waals surface area contributed by atoms with Crippen LogP contribution in [0.1, 0.15) is 45.9 Å².